The van der Waals surface area contributed by atoms with E-state index in [9.17, 15) is 4.39 Å². The molecule has 0 fully saturated rings. The molecule has 20 heavy (non-hydrogen) atoms. The molecule has 2 aromatic rings. The Morgan fingerprint density at radius 2 is 1.75 bits per heavy atom. The molecule has 0 aliphatic heterocycles. The Hall–Kier alpha value is -1.74. The van der Waals surface area contributed by atoms with Gasteiger partial charge in [0.25, 0.3) is 0 Å². The van der Waals surface area contributed by atoms with Crippen LogP contribution >= 0.6 is 0 Å². The van der Waals surface area contributed by atoms with Crippen LogP contribution in [0.5, 0.6) is 0 Å². The van der Waals surface area contributed by atoms with E-state index in [1.54, 1.807) is 24.5 Å². The lowest BCUT2D eigenvalue weighted by molar-refractivity contribution is 0.280. The van der Waals surface area contributed by atoms with Gasteiger partial charge in [0.1, 0.15) is 5.82 Å². The maximum Gasteiger partial charge on any atom is 0.123 e. The van der Waals surface area contributed by atoms with Crippen LogP contribution in [-0.4, -0.2) is 10.1 Å². The van der Waals surface area contributed by atoms with Crippen molar-refractivity contribution in [2.24, 2.45) is 0 Å². The van der Waals surface area contributed by atoms with Crippen LogP contribution in [-0.2, 0) is 13.0 Å². The van der Waals surface area contributed by atoms with Gasteiger partial charge in [0.05, 0.1) is 6.61 Å². The van der Waals surface area contributed by atoms with Crippen LogP contribution in [0.25, 0.3) is 0 Å². The number of hydrogen-bond acceptors (Lipinski definition) is 2. The van der Waals surface area contributed by atoms with Crippen LogP contribution in [0, 0.1) is 5.82 Å². The monoisotopic (exact) mass is 277 g/mol. The van der Waals surface area contributed by atoms with Crippen LogP contribution in [0.1, 0.15) is 44.4 Å². The lowest BCUT2D eigenvalue weighted by atomic mass is 10.0. The van der Waals surface area contributed by atoms with E-state index >= 15 is 0 Å². The predicted octanol–water partition coefficient (Wildman–Crippen LogP) is 4.36. The number of aliphatic hydroxyl groups is 1. The van der Waals surface area contributed by atoms with E-state index in [2.05, 4.69) is 4.98 Å². The highest BCUT2D eigenvalue weighted by Gasteiger charge is 2.03. The number of pyridine rings is 1. The van der Waals surface area contributed by atoms with Gasteiger partial charge in [-0.3, -0.25) is 4.98 Å². The first-order chi connectivity index (χ1) is 9.79. The molecule has 0 aliphatic rings. The number of halogens is 1. The van der Waals surface area contributed by atoms with Crippen molar-refractivity contribution < 1.29 is 9.50 Å². The number of aromatic nitrogens is 1. The summed E-state index contributed by atoms with van der Waals surface area (Å²) in [7, 11) is 0. The second kappa shape index (κ2) is 11.1. The summed E-state index contributed by atoms with van der Waals surface area (Å²) in [5.74, 6) is -0.244. The molecule has 0 amide bonds. The van der Waals surface area contributed by atoms with Gasteiger partial charge in [0, 0.05) is 12.4 Å². The highest BCUT2D eigenvalue weighted by molar-refractivity contribution is 5.30. The van der Waals surface area contributed by atoms with Crippen LogP contribution in [0.4, 0.5) is 4.39 Å². The fourth-order valence-electron chi connectivity index (χ4n) is 1.64. The third kappa shape index (κ3) is 5.93. The average Bonchev–Trinajstić information content (AvgIpc) is 2.52. The quantitative estimate of drug-likeness (QED) is 0.904. The molecule has 0 spiro atoms. The standard InChI is InChI=1S/C13H12FNO.2C2H6/c14-13-3-1-2-10(7-13)6-12-8-15-5-4-11(12)9-16;2*1-2/h1-5,7-8,16H,6,9H2;2*1-2H3. The minimum atomic E-state index is -0.244. The van der Waals surface area contributed by atoms with Crippen LogP contribution in [0.2, 0.25) is 0 Å². The molecule has 2 rings (SSSR count). The average molecular weight is 277 g/mol. The summed E-state index contributed by atoms with van der Waals surface area (Å²) in [6, 6.07) is 8.22. The fourth-order valence-corrected chi connectivity index (χ4v) is 1.64. The highest BCUT2D eigenvalue weighted by atomic mass is 19.1. The fraction of sp³-hybridized carbons (Fsp3) is 0.353. The summed E-state index contributed by atoms with van der Waals surface area (Å²) in [6.07, 6.45) is 3.93. The SMILES string of the molecule is CC.CC.OCc1ccncc1Cc1cccc(F)c1. The van der Waals surface area contributed by atoms with Gasteiger partial charge in [-0.1, -0.05) is 39.8 Å². The molecule has 0 saturated heterocycles. The molecule has 0 unspecified atom stereocenters. The third-order valence-corrected chi connectivity index (χ3v) is 2.46. The highest BCUT2D eigenvalue weighted by Crippen LogP contribution is 2.14. The summed E-state index contributed by atoms with van der Waals surface area (Å²) in [5.41, 5.74) is 2.64. The number of rotatable bonds is 3. The van der Waals surface area contributed by atoms with E-state index in [1.165, 1.54) is 12.1 Å². The van der Waals surface area contributed by atoms with Crippen LogP contribution < -0.4 is 0 Å². The first kappa shape index (κ1) is 18.3. The molecular formula is C17H24FNO. The van der Waals surface area contributed by atoms with Crippen molar-refractivity contribution in [3.05, 3.63) is 65.2 Å². The van der Waals surface area contributed by atoms with Gasteiger partial charge >= 0.3 is 0 Å². The molecule has 1 heterocycles. The lowest BCUT2D eigenvalue weighted by Crippen LogP contribution is -1.96. The van der Waals surface area contributed by atoms with Gasteiger partial charge in [-0.05, 0) is 41.3 Å². The second-order valence-corrected chi connectivity index (χ2v) is 3.61. The van der Waals surface area contributed by atoms with Crippen molar-refractivity contribution >= 4 is 0 Å². The van der Waals surface area contributed by atoms with Gasteiger partial charge in [0.2, 0.25) is 0 Å². The molecule has 0 saturated carbocycles. The molecule has 1 aromatic heterocycles. The first-order valence-corrected chi connectivity index (χ1v) is 7.06. The van der Waals surface area contributed by atoms with Crippen molar-refractivity contribution in [2.75, 3.05) is 0 Å². The molecular weight excluding hydrogens is 253 g/mol. The van der Waals surface area contributed by atoms with E-state index in [0.29, 0.717) is 6.42 Å². The molecule has 0 aliphatic carbocycles. The summed E-state index contributed by atoms with van der Waals surface area (Å²) in [4.78, 5) is 4.01. The van der Waals surface area contributed by atoms with Crippen molar-refractivity contribution in [2.45, 2.75) is 40.7 Å². The Labute approximate surface area is 121 Å². The minimum Gasteiger partial charge on any atom is -0.392 e. The van der Waals surface area contributed by atoms with Gasteiger partial charge in [-0.15, -0.1) is 0 Å². The van der Waals surface area contributed by atoms with Gasteiger partial charge in [-0.2, -0.15) is 0 Å². The van der Waals surface area contributed by atoms with Gasteiger partial charge in [0.15, 0.2) is 0 Å². The molecule has 0 bridgehead atoms. The van der Waals surface area contributed by atoms with Crippen molar-refractivity contribution in [3.63, 3.8) is 0 Å². The van der Waals surface area contributed by atoms with E-state index in [1.807, 2.05) is 33.8 Å². The molecule has 110 valence electrons. The normalized spacial score (nSPS) is 8.90. The zero-order chi connectivity index (χ0) is 15.4. The molecule has 1 aromatic carbocycles. The number of benzene rings is 1. The maximum absolute atomic E-state index is 13.0. The molecule has 2 nitrogen and oxygen atoms in total. The number of nitrogens with zero attached hydrogens (tertiary/aromatic N) is 1. The van der Waals surface area contributed by atoms with Crippen molar-refractivity contribution in [3.8, 4) is 0 Å². The predicted molar refractivity (Wildman–Crippen MR) is 82.1 cm³/mol. The van der Waals surface area contributed by atoms with Crippen molar-refractivity contribution in [1.82, 2.24) is 4.98 Å². The molecule has 0 radical (unpaired) electrons. The Bertz CT molecular complexity index is 486. The lowest BCUT2D eigenvalue weighted by Gasteiger charge is -2.06. The first-order valence-electron chi connectivity index (χ1n) is 7.06. The van der Waals surface area contributed by atoms with E-state index < -0.39 is 0 Å². The Morgan fingerprint density at radius 1 is 1.05 bits per heavy atom. The Kier molecular flexibility index (Phi) is 10.2. The zero-order valence-electron chi connectivity index (χ0n) is 12.7. The third-order valence-electron chi connectivity index (χ3n) is 2.46. The van der Waals surface area contributed by atoms with Crippen LogP contribution in [0.3, 0.4) is 0 Å². The molecule has 0 atom stereocenters. The molecule has 1 N–H and O–H groups in total. The summed E-state index contributed by atoms with van der Waals surface area (Å²) < 4.78 is 13.0. The van der Waals surface area contributed by atoms with Crippen LogP contribution in [0.15, 0.2) is 42.7 Å². The zero-order valence-corrected chi connectivity index (χ0v) is 12.7. The van der Waals surface area contributed by atoms with Gasteiger partial charge in [-0.25, -0.2) is 4.39 Å². The summed E-state index contributed by atoms with van der Waals surface area (Å²) in [5, 5.41) is 9.15. The Balaban J connectivity index is 0.000000829. The summed E-state index contributed by atoms with van der Waals surface area (Å²) >= 11 is 0. The van der Waals surface area contributed by atoms with E-state index in [4.69, 9.17) is 5.11 Å². The smallest absolute Gasteiger partial charge is 0.123 e. The number of hydrogen-bond donors (Lipinski definition) is 1. The summed E-state index contributed by atoms with van der Waals surface area (Å²) in [6.45, 7) is 7.98. The van der Waals surface area contributed by atoms with Gasteiger partial charge < -0.3 is 5.11 Å². The van der Waals surface area contributed by atoms with E-state index in [0.717, 1.165) is 16.7 Å². The largest absolute Gasteiger partial charge is 0.392 e. The second-order valence-electron chi connectivity index (χ2n) is 3.61. The maximum atomic E-state index is 13.0. The Morgan fingerprint density at radius 3 is 2.35 bits per heavy atom. The minimum absolute atomic E-state index is 0.0207. The topological polar surface area (TPSA) is 33.1 Å². The number of aliphatic hydroxyl groups excluding tert-OH is 1. The van der Waals surface area contributed by atoms with Crippen molar-refractivity contribution in [1.29, 1.82) is 0 Å². The molecule has 3 heteroatoms. The van der Waals surface area contributed by atoms with E-state index in [-0.39, 0.29) is 12.4 Å².